The second-order valence-corrected chi connectivity index (χ2v) is 10.2. The van der Waals surface area contributed by atoms with Crippen molar-refractivity contribution in [2.45, 2.75) is 63.5 Å². The second kappa shape index (κ2) is 15.9. The average molecular weight is 548 g/mol. The van der Waals surface area contributed by atoms with Gasteiger partial charge in [-0.1, -0.05) is 42.5 Å². The number of benzene rings is 2. The van der Waals surface area contributed by atoms with Crippen LogP contribution in [0.25, 0.3) is 0 Å². The lowest BCUT2D eigenvalue weighted by Gasteiger charge is -2.28. The fourth-order valence-electron chi connectivity index (χ4n) is 3.85. The quantitative estimate of drug-likeness (QED) is 0.175. The number of hydrogen-bond acceptors (Lipinski definition) is 8. The molecule has 0 aliphatic heterocycles. The SMILES string of the molecule is CC(C)(C)OC(=O)N[C@@H](Cc1ccc(OCCO)cc1)C(O)CNC[C@@H](O)[C@H](Cc1ccccc1)NC(=O)O. The van der Waals surface area contributed by atoms with Gasteiger partial charge in [-0.3, -0.25) is 0 Å². The van der Waals surface area contributed by atoms with Crippen LogP contribution in [0.2, 0.25) is 0 Å². The third-order valence-corrected chi connectivity index (χ3v) is 5.68. The van der Waals surface area contributed by atoms with Gasteiger partial charge in [0.25, 0.3) is 0 Å². The second-order valence-electron chi connectivity index (χ2n) is 10.2. The van der Waals surface area contributed by atoms with E-state index in [1.807, 2.05) is 30.3 Å². The lowest BCUT2D eigenvalue weighted by atomic mass is 10.00. The zero-order valence-electron chi connectivity index (χ0n) is 22.7. The average Bonchev–Trinajstić information content (AvgIpc) is 2.86. The Morgan fingerprint density at radius 3 is 1.90 bits per heavy atom. The summed E-state index contributed by atoms with van der Waals surface area (Å²) in [4.78, 5) is 23.7. The molecule has 7 N–H and O–H groups in total. The van der Waals surface area contributed by atoms with E-state index in [9.17, 15) is 24.9 Å². The molecule has 4 atom stereocenters. The minimum Gasteiger partial charge on any atom is -0.491 e. The van der Waals surface area contributed by atoms with E-state index >= 15 is 0 Å². The summed E-state index contributed by atoms with van der Waals surface area (Å²) in [5, 5.41) is 47.8. The molecule has 0 aliphatic carbocycles. The summed E-state index contributed by atoms with van der Waals surface area (Å²) in [6.07, 6.45) is -3.48. The van der Waals surface area contributed by atoms with Crippen molar-refractivity contribution in [3.63, 3.8) is 0 Å². The number of ether oxygens (including phenoxy) is 2. The molecule has 0 bridgehead atoms. The maximum Gasteiger partial charge on any atom is 0.407 e. The standard InChI is InChI=1S/C28H41N3O8/c1-28(2,3)39-27(37)31-23(16-20-9-11-21(12-10-20)38-14-13-32)25(34)18-29-17-24(33)22(30-26(35)36)15-19-7-5-4-6-8-19/h4-12,22-25,29-30,32-34H,13-18H2,1-3H3,(H,31,37)(H,35,36)/t22-,23-,24+,25?/m0/s1. The van der Waals surface area contributed by atoms with E-state index < -0.39 is 42.1 Å². The minimum absolute atomic E-state index is 0.00485. The van der Waals surface area contributed by atoms with Crippen molar-refractivity contribution in [3.8, 4) is 5.75 Å². The molecule has 0 fully saturated rings. The number of carboxylic acid groups (broad SMARTS) is 1. The normalized spacial score (nSPS) is 14.5. The van der Waals surface area contributed by atoms with Crippen LogP contribution in [0.4, 0.5) is 9.59 Å². The number of nitrogens with one attached hydrogen (secondary N) is 3. The van der Waals surface area contributed by atoms with Gasteiger partial charge in [-0.15, -0.1) is 0 Å². The van der Waals surface area contributed by atoms with Crippen LogP contribution in [-0.4, -0.2) is 88.8 Å². The van der Waals surface area contributed by atoms with E-state index in [0.717, 1.165) is 11.1 Å². The Balaban J connectivity index is 2.02. The first kappa shape index (κ1) is 31.8. The van der Waals surface area contributed by atoms with Crippen molar-refractivity contribution in [2.24, 2.45) is 0 Å². The molecule has 0 aliphatic rings. The van der Waals surface area contributed by atoms with E-state index in [2.05, 4.69) is 16.0 Å². The Bertz CT molecular complexity index is 998. The molecule has 2 aromatic rings. The molecule has 0 spiro atoms. The van der Waals surface area contributed by atoms with E-state index in [1.54, 1.807) is 45.0 Å². The highest BCUT2D eigenvalue weighted by molar-refractivity contribution is 5.68. The molecule has 2 aromatic carbocycles. The lowest BCUT2D eigenvalue weighted by Crippen LogP contribution is -2.52. The maximum absolute atomic E-state index is 12.5. The van der Waals surface area contributed by atoms with Gasteiger partial charge >= 0.3 is 12.2 Å². The van der Waals surface area contributed by atoms with E-state index in [-0.39, 0.29) is 32.7 Å². The fourth-order valence-corrected chi connectivity index (χ4v) is 3.85. The molecule has 11 heteroatoms. The molecular formula is C28H41N3O8. The number of aliphatic hydroxyl groups is 3. The van der Waals surface area contributed by atoms with Gasteiger partial charge in [-0.25, -0.2) is 9.59 Å². The van der Waals surface area contributed by atoms with Gasteiger partial charge in [0, 0.05) is 13.1 Å². The summed E-state index contributed by atoms with van der Waals surface area (Å²) >= 11 is 0. The van der Waals surface area contributed by atoms with Crippen LogP contribution >= 0.6 is 0 Å². The number of carbonyl (C=O) groups excluding carboxylic acids is 1. The van der Waals surface area contributed by atoms with Crippen LogP contribution < -0.4 is 20.7 Å². The van der Waals surface area contributed by atoms with Gasteiger partial charge in [-0.2, -0.15) is 0 Å². The fraction of sp³-hybridized carbons (Fsp3) is 0.500. The largest absolute Gasteiger partial charge is 0.491 e. The van der Waals surface area contributed by atoms with Crippen molar-refractivity contribution in [1.82, 2.24) is 16.0 Å². The molecule has 0 heterocycles. The highest BCUT2D eigenvalue weighted by Crippen LogP contribution is 2.15. The highest BCUT2D eigenvalue weighted by Gasteiger charge is 2.26. The molecule has 0 aromatic heterocycles. The molecule has 0 saturated heterocycles. The molecule has 0 saturated carbocycles. The predicted molar refractivity (Wildman–Crippen MR) is 146 cm³/mol. The monoisotopic (exact) mass is 547 g/mol. The van der Waals surface area contributed by atoms with Crippen LogP contribution in [-0.2, 0) is 17.6 Å². The highest BCUT2D eigenvalue weighted by atomic mass is 16.6. The Labute approximate surface area is 229 Å². The van der Waals surface area contributed by atoms with Crippen LogP contribution in [0.1, 0.15) is 31.9 Å². The van der Waals surface area contributed by atoms with Crippen LogP contribution in [0, 0.1) is 0 Å². The van der Waals surface area contributed by atoms with Gasteiger partial charge in [-0.05, 0) is 56.9 Å². The first-order valence-electron chi connectivity index (χ1n) is 12.9. The minimum atomic E-state index is -1.25. The summed E-state index contributed by atoms with van der Waals surface area (Å²) in [6, 6.07) is 14.8. The smallest absolute Gasteiger partial charge is 0.407 e. The Morgan fingerprint density at radius 2 is 1.38 bits per heavy atom. The van der Waals surface area contributed by atoms with E-state index in [4.69, 9.17) is 14.6 Å². The molecule has 216 valence electrons. The van der Waals surface area contributed by atoms with Crippen molar-refractivity contribution in [3.05, 3.63) is 65.7 Å². The lowest BCUT2D eigenvalue weighted by molar-refractivity contribution is 0.0416. The van der Waals surface area contributed by atoms with E-state index in [0.29, 0.717) is 12.2 Å². The van der Waals surface area contributed by atoms with Crippen LogP contribution in [0.5, 0.6) is 5.75 Å². The van der Waals surface area contributed by atoms with Crippen molar-refractivity contribution in [1.29, 1.82) is 0 Å². The third kappa shape index (κ3) is 12.8. The molecule has 39 heavy (non-hydrogen) atoms. The molecule has 11 nitrogen and oxygen atoms in total. The summed E-state index contributed by atoms with van der Waals surface area (Å²) in [5.41, 5.74) is 0.961. The van der Waals surface area contributed by atoms with Crippen molar-refractivity contribution < 1.29 is 39.5 Å². The zero-order chi connectivity index (χ0) is 28.8. The number of aliphatic hydroxyl groups excluding tert-OH is 3. The van der Waals surface area contributed by atoms with Gasteiger partial charge in [0.2, 0.25) is 0 Å². The topological polar surface area (TPSA) is 170 Å². The summed E-state index contributed by atoms with van der Waals surface area (Å²) in [5.74, 6) is 0.584. The van der Waals surface area contributed by atoms with E-state index in [1.165, 1.54) is 0 Å². The zero-order valence-corrected chi connectivity index (χ0v) is 22.7. The van der Waals surface area contributed by atoms with Gasteiger partial charge < -0.3 is 45.9 Å². The van der Waals surface area contributed by atoms with Gasteiger partial charge in [0.15, 0.2) is 0 Å². The maximum atomic E-state index is 12.5. The molecular weight excluding hydrogens is 506 g/mol. The van der Waals surface area contributed by atoms with Gasteiger partial charge in [0.05, 0.1) is 30.9 Å². The molecule has 2 rings (SSSR count). The Kier molecular flexibility index (Phi) is 13.0. The Hall–Kier alpha value is -3.38. The van der Waals surface area contributed by atoms with Crippen molar-refractivity contribution >= 4 is 12.2 Å². The van der Waals surface area contributed by atoms with Crippen molar-refractivity contribution in [2.75, 3.05) is 26.3 Å². The first-order valence-corrected chi connectivity index (χ1v) is 12.9. The number of hydrogen-bond donors (Lipinski definition) is 7. The van der Waals surface area contributed by atoms with Gasteiger partial charge in [0.1, 0.15) is 18.0 Å². The molecule has 1 unspecified atom stereocenters. The number of rotatable bonds is 15. The summed E-state index contributed by atoms with van der Waals surface area (Å²) < 4.78 is 10.7. The summed E-state index contributed by atoms with van der Waals surface area (Å²) in [6.45, 7) is 5.31. The number of alkyl carbamates (subject to hydrolysis) is 1. The number of amides is 2. The number of carbonyl (C=O) groups is 2. The van der Waals surface area contributed by atoms with Crippen LogP contribution in [0.3, 0.4) is 0 Å². The first-order chi connectivity index (χ1) is 18.5. The van der Waals surface area contributed by atoms with Crippen LogP contribution in [0.15, 0.2) is 54.6 Å². The molecule has 2 amide bonds. The Morgan fingerprint density at radius 1 is 0.846 bits per heavy atom. The summed E-state index contributed by atoms with van der Waals surface area (Å²) in [7, 11) is 0. The third-order valence-electron chi connectivity index (χ3n) is 5.68. The molecule has 0 radical (unpaired) electrons. The predicted octanol–water partition coefficient (Wildman–Crippen LogP) is 1.68.